The van der Waals surface area contributed by atoms with E-state index in [9.17, 15) is 0 Å². The van der Waals surface area contributed by atoms with Crippen LogP contribution in [0.2, 0.25) is 0 Å². The Morgan fingerprint density at radius 1 is 1.21 bits per heavy atom. The van der Waals surface area contributed by atoms with Crippen LogP contribution in [-0.4, -0.2) is 17.8 Å². The van der Waals surface area contributed by atoms with E-state index in [1.165, 1.54) is 11.1 Å². The highest BCUT2D eigenvalue weighted by atomic mass is 16.3. The second-order valence-corrected chi connectivity index (χ2v) is 3.89. The highest BCUT2D eigenvalue weighted by Gasteiger charge is 2.04. The van der Waals surface area contributed by atoms with Gasteiger partial charge >= 0.3 is 0 Å². The van der Waals surface area contributed by atoms with Crippen molar-refractivity contribution >= 4 is 0 Å². The van der Waals surface area contributed by atoms with Crippen LogP contribution in [0, 0.1) is 6.92 Å². The third-order valence-corrected chi connectivity index (χ3v) is 2.30. The Bertz CT molecular complexity index is 266. The van der Waals surface area contributed by atoms with Crippen molar-refractivity contribution in [3.05, 3.63) is 35.4 Å². The third-order valence-electron chi connectivity index (χ3n) is 2.30. The van der Waals surface area contributed by atoms with Crippen molar-refractivity contribution in [2.24, 2.45) is 0 Å². The molecular formula is C12H19NO. The summed E-state index contributed by atoms with van der Waals surface area (Å²) >= 11 is 0. The van der Waals surface area contributed by atoms with Crippen LogP contribution >= 0.6 is 0 Å². The lowest BCUT2D eigenvalue weighted by molar-refractivity contribution is 0.187. The molecule has 0 aromatic heterocycles. The average Bonchev–Trinajstić information content (AvgIpc) is 2.15. The van der Waals surface area contributed by atoms with E-state index in [0.29, 0.717) is 12.6 Å². The predicted molar refractivity (Wildman–Crippen MR) is 59.3 cm³/mol. The van der Waals surface area contributed by atoms with Crippen molar-refractivity contribution < 1.29 is 5.11 Å². The molecule has 0 saturated carbocycles. The molecule has 1 rings (SSSR count). The van der Waals surface area contributed by atoms with Gasteiger partial charge in [-0.2, -0.15) is 0 Å². The highest BCUT2D eigenvalue weighted by molar-refractivity contribution is 5.23. The molecule has 0 saturated heterocycles. The van der Waals surface area contributed by atoms with E-state index in [2.05, 4.69) is 43.4 Å². The summed E-state index contributed by atoms with van der Waals surface area (Å²) in [7, 11) is 0. The second-order valence-electron chi connectivity index (χ2n) is 3.89. The fraction of sp³-hybridized carbons (Fsp3) is 0.500. The van der Waals surface area contributed by atoms with Gasteiger partial charge in [0.15, 0.2) is 0 Å². The highest BCUT2D eigenvalue weighted by Crippen LogP contribution is 2.12. The maximum Gasteiger partial charge on any atom is 0.0636 e. The van der Waals surface area contributed by atoms with Gasteiger partial charge in [-0.25, -0.2) is 0 Å². The second kappa shape index (κ2) is 5.13. The zero-order valence-electron chi connectivity index (χ0n) is 9.12. The quantitative estimate of drug-likeness (QED) is 0.767. The minimum Gasteiger partial charge on any atom is -0.392 e. The summed E-state index contributed by atoms with van der Waals surface area (Å²) in [4.78, 5) is 0. The van der Waals surface area contributed by atoms with Crippen LogP contribution in [0.4, 0.5) is 0 Å². The first-order valence-corrected chi connectivity index (χ1v) is 5.07. The molecule has 2 heteroatoms. The lowest BCUT2D eigenvalue weighted by Crippen LogP contribution is -2.27. The summed E-state index contributed by atoms with van der Waals surface area (Å²) in [5.41, 5.74) is 2.53. The van der Waals surface area contributed by atoms with E-state index in [0.717, 1.165) is 0 Å². The Morgan fingerprint density at radius 3 is 2.29 bits per heavy atom. The minimum absolute atomic E-state index is 0.289. The summed E-state index contributed by atoms with van der Waals surface area (Å²) in [5.74, 6) is 0. The van der Waals surface area contributed by atoms with Gasteiger partial charge in [-0.05, 0) is 26.3 Å². The molecule has 2 nitrogen and oxygen atoms in total. The molecule has 0 aliphatic rings. The Labute approximate surface area is 86.0 Å². The molecule has 2 N–H and O–H groups in total. The number of nitrogens with one attached hydrogen (secondary N) is 1. The standard InChI is InChI=1S/C12H19NO/c1-9-4-6-12(7-5-9)11(3)13-8-10(2)14/h4-7,10-11,13-14H,8H2,1-3H3/t10-,11-/m1/s1. The first kappa shape index (κ1) is 11.2. The SMILES string of the molecule is Cc1ccc([C@@H](C)NC[C@@H](C)O)cc1. The van der Waals surface area contributed by atoms with Crippen molar-refractivity contribution in [1.82, 2.24) is 5.32 Å². The summed E-state index contributed by atoms with van der Waals surface area (Å²) in [6.45, 7) is 6.61. The topological polar surface area (TPSA) is 32.3 Å². The minimum atomic E-state index is -0.289. The van der Waals surface area contributed by atoms with E-state index in [1.807, 2.05) is 0 Å². The van der Waals surface area contributed by atoms with E-state index in [-0.39, 0.29) is 6.10 Å². The number of aliphatic hydroxyl groups is 1. The Kier molecular flexibility index (Phi) is 4.11. The zero-order valence-corrected chi connectivity index (χ0v) is 9.12. The Morgan fingerprint density at radius 2 is 1.79 bits per heavy atom. The van der Waals surface area contributed by atoms with E-state index < -0.39 is 0 Å². The molecule has 0 fully saturated rings. The van der Waals surface area contributed by atoms with Crippen molar-refractivity contribution in [3.63, 3.8) is 0 Å². The van der Waals surface area contributed by atoms with Crippen LogP contribution in [0.15, 0.2) is 24.3 Å². The van der Waals surface area contributed by atoms with Gasteiger partial charge < -0.3 is 10.4 Å². The molecular weight excluding hydrogens is 174 g/mol. The maximum absolute atomic E-state index is 9.13. The maximum atomic E-state index is 9.13. The van der Waals surface area contributed by atoms with E-state index >= 15 is 0 Å². The van der Waals surface area contributed by atoms with Crippen molar-refractivity contribution in [1.29, 1.82) is 0 Å². The fourth-order valence-corrected chi connectivity index (χ4v) is 1.32. The van der Waals surface area contributed by atoms with Gasteiger partial charge in [0.05, 0.1) is 6.10 Å². The zero-order chi connectivity index (χ0) is 10.6. The predicted octanol–water partition coefficient (Wildman–Crippen LogP) is 2.03. The largest absolute Gasteiger partial charge is 0.392 e. The van der Waals surface area contributed by atoms with Gasteiger partial charge in [0.25, 0.3) is 0 Å². The summed E-state index contributed by atoms with van der Waals surface area (Å²) in [5, 5.41) is 12.4. The van der Waals surface area contributed by atoms with Crippen molar-refractivity contribution in [3.8, 4) is 0 Å². The molecule has 2 atom stereocenters. The number of benzene rings is 1. The van der Waals surface area contributed by atoms with Gasteiger partial charge in [0.1, 0.15) is 0 Å². The van der Waals surface area contributed by atoms with E-state index in [4.69, 9.17) is 5.11 Å². The van der Waals surface area contributed by atoms with Gasteiger partial charge in [0, 0.05) is 12.6 Å². The average molecular weight is 193 g/mol. The normalized spacial score (nSPS) is 15.1. The summed E-state index contributed by atoms with van der Waals surface area (Å²) in [6, 6.07) is 8.75. The molecule has 0 unspecified atom stereocenters. The van der Waals surface area contributed by atoms with Gasteiger partial charge in [-0.3, -0.25) is 0 Å². The molecule has 0 bridgehead atoms. The Hall–Kier alpha value is -0.860. The number of aliphatic hydroxyl groups excluding tert-OH is 1. The van der Waals surface area contributed by atoms with Crippen molar-refractivity contribution in [2.75, 3.05) is 6.54 Å². The first-order chi connectivity index (χ1) is 6.59. The van der Waals surface area contributed by atoms with Crippen molar-refractivity contribution in [2.45, 2.75) is 32.9 Å². The summed E-state index contributed by atoms with van der Waals surface area (Å²) < 4.78 is 0. The molecule has 1 aromatic carbocycles. The molecule has 0 spiro atoms. The van der Waals surface area contributed by atoms with Crippen LogP contribution < -0.4 is 5.32 Å². The monoisotopic (exact) mass is 193 g/mol. The molecule has 0 radical (unpaired) electrons. The molecule has 0 aliphatic carbocycles. The van der Waals surface area contributed by atoms with Gasteiger partial charge in [0.2, 0.25) is 0 Å². The third kappa shape index (κ3) is 3.48. The molecule has 14 heavy (non-hydrogen) atoms. The molecule has 0 aliphatic heterocycles. The van der Waals surface area contributed by atoms with Crippen LogP contribution in [0.25, 0.3) is 0 Å². The number of hydrogen-bond acceptors (Lipinski definition) is 2. The van der Waals surface area contributed by atoms with Crippen LogP contribution in [0.3, 0.4) is 0 Å². The lowest BCUT2D eigenvalue weighted by Gasteiger charge is -2.15. The van der Waals surface area contributed by atoms with Gasteiger partial charge in [-0.15, -0.1) is 0 Å². The lowest BCUT2D eigenvalue weighted by atomic mass is 10.1. The molecule has 0 amide bonds. The first-order valence-electron chi connectivity index (χ1n) is 5.07. The number of hydrogen-bond donors (Lipinski definition) is 2. The fourth-order valence-electron chi connectivity index (χ4n) is 1.32. The number of aryl methyl sites for hydroxylation is 1. The molecule has 78 valence electrons. The molecule has 0 heterocycles. The van der Waals surface area contributed by atoms with Gasteiger partial charge in [-0.1, -0.05) is 29.8 Å². The van der Waals surface area contributed by atoms with Crippen LogP contribution in [-0.2, 0) is 0 Å². The number of rotatable bonds is 4. The van der Waals surface area contributed by atoms with Crippen LogP contribution in [0.1, 0.15) is 31.0 Å². The summed E-state index contributed by atoms with van der Waals surface area (Å²) in [6.07, 6.45) is -0.289. The van der Waals surface area contributed by atoms with Crippen LogP contribution in [0.5, 0.6) is 0 Å². The van der Waals surface area contributed by atoms with E-state index in [1.54, 1.807) is 6.92 Å². The Balaban J connectivity index is 2.52. The smallest absolute Gasteiger partial charge is 0.0636 e. The molecule has 1 aromatic rings.